The first-order valence-corrected chi connectivity index (χ1v) is 9.61. The van der Waals surface area contributed by atoms with E-state index in [1.165, 1.54) is 30.1 Å². The lowest BCUT2D eigenvalue weighted by Crippen LogP contribution is -2.26. The molecule has 0 unspecified atom stereocenters. The molecule has 9 heteroatoms. The average molecular weight is 357 g/mol. The summed E-state index contributed by atoms with van der Waals surface area (Å²) in [6, 6.07) is 6.10. The highest BCUT2D eigenvalue weighted by atomic mass is 32.2. The van der Waals surface area contributed by atoms with Gasteiger partial charge in [-0.2, -0.15) is 0 Å². The topological polar surface area (TPSA) is 91.9 Å². The Balaban J connectivity index is 1.93. The Kier molecular flexibility index (Phi) is 5.91. The fourth-order valence-corrected chi connectivity index (χ4v) is 3.02. The van der Waals surface area contributed by atoms with Crippen molar-refractivity contribution in [2.24, 2.45) is 0 Å². The quantitative estimate of drug-likeness (QED) is 0.575. The molecule has 2 aromatic rings. The molecule has 0 radical (unpaired) electrons. The molecule has 0 aliphatic carbocycles. The van der Waals surface area contributed by atoms with Gasteiger partial charge in [-0.3, -0.25) is 4.79 Å². The van der Waals surface area contributed by atoms with Crippen LogP contribution in [0.15, 0.2) is 40.4 Å². The molecule has 0 aliphatic heterocycles. The molecular formula is C14H16FN3O3S2. The normalized spacial score (nSPS) is 11.6. The van der Waals surface area contributed by atoms with E-state index < -0.39 is 10.0 Å². The number of benzene rings is 1. The molecule has 0 aliphatic rings. The van der Waals surface area contributed by atoms with Gasteiger partial charge >= 0.3 is 0 Å². The molecule has 23 heavy (non-hydrogen) atoms. The van der Waals surface area contributed by atoms with Crippen molar-refractivity contribution in [2.45, 2.75) is 17.3 Å². The fourth-order valence-electron chi connectivity index (χ4n) is 1.76. The minimum Gasteiger partial charge on any atom is -0.301 e. The average Bonchev–Trinajstić information content (AvgIpc) is 2.47. The highest BCUT2D eigenvalue weighted by molar-refractivity contribution is 7.98. The summed E-state index contributed by atoms with van der Waals surface area (Å²) < 4.78 is 37.1. The molecule has 1 heterocycles. The number of sulfonamides is 1. The van der Waals surface area contributed by atoms with Crippen LogP contribution in [0.2, 0.25) is 0 Å². The van der Waals surface area contributed by atoms with Crippen molar-refractivity contribution in [3.8, 4) is 0 Å². The maximum atomic E-state index is 12.8. The molecule has 2 rings (SSSR count). The van der Waals surface area contributed by atoms with Gasteiger partial charge in [-0.15, -0.1) is 0 Å². The molecule has 1 aromatic heterocycles. The Labute approximate surface area is 137 Å². The number of aromatic amines is 1. The first-order valence-electron chi connectivity index (χ1n) is 6.73. The third-order valence-corrected chi connectivity index (χ3v) is 4.58. The van der Waals surface area contributed by atoms with Crippen LogP contribution < -0.4 is 10.3 Å². The Morgan fingerprint density at radius 3 is 2.61 bits per heavy atom. The first-order chi connectivity index (χ1) is 10.8. The molecule has 124 valence electrons. The van der Waals surface area contributed by atoms with E-state index in [4.69, 9.17) is 0 Å². The molecule has 0 saturated heterocycles. The minimum absolute atomic E-state index is 0.145. The number of halogens is 1. The zero-order valence-corrected chi connectivity index (χ0v) is 14.0. The highest BCUT2D eigenvalue weighted by Crippen LogP contribution is 2.18. The number of hydrogen-bond acceptors (Lipinski definition) is 5. The maximum Gasteiger partial charge on any atom is 0.254 e. The largest absolute Gasteiger partial charge is 0.301 e. The van der Waals surface area contributed by atoms with Gasteiger partial charge in [0.2, 0.25) is 10.0 Å². The van der Waals surface area contributed by atoms with Crippen molar-refractivity contribution in [1.29, 1.82) is 0 Å². The lowest BCUT2D eigenvalue weighted by molar-refractivity contribution is 0.587. The number of rotatable bonds is 7. The second-order valence-electron chi connectivity index (χ2n) is 4.87. The molecule has 6 nitrogen and oxygen atoms in total. The Morgan fingerprint density at radius 2 is 2.00 bits per heavy atom. The zero-order chi connectivity index (χ0) is 16.9. The van der Waals surface area contributed by atoms with Crippen LogP contribution in [-0.2, 0) is 22.2 Å². The molecule has 0 saturated carbocycles. The number of thioether (sulfide) groups is 1. The number of nitrogens with one attached hydrogen (secondary N) is 2. The third kappa shape index (κ3) is 6.12. The van der Waals surface area contributed by atoms with Gasteiger partial charge < -0.3 is 4.98 Å². The van der Waals surface area contributed by atoms with Gasteiger partial charge in [-0.1, -0.05) is 23.9 Å². The summed E-state index contributed by atoms with van der Waals surface area (Å²) in [7, 11) is -3.27. The van der Waals surface area contributed by atoms with Crippen molar-refractivity contribution in [2.75, 3.05) is 12.8 Å². The molecule has 0 fully saturated rings. The van der Waals surface area contributed by atoms with E-state index in [2.05, 4.69) is 14.7 Å². The van der Waals surface area contributed by atoms with Gasteiger partial charge in [-0.25, -0.2) is 22.5 Å². The first kappa shape index (κ1) is 17.6. The standard InChI is InChI=1S/C14H16FN3O3S2/c1-23(20,21)17-7-6-11-8-16-14(18-13(11)19)22-9-10-2-4-12(15)5-3-10/h2-5,8,17H,6-7,9H2,1H3,(H,16,18,19). The van der Waals surface area contributed by atoms with Crippen LogP contribution in [0.25, 0.3) is 0 Å². The molecule has 0 amide bonds. The van der Waals surface area contributed by atoms with Gasteiger partial charge in [0, 0.05) is 24.1 Å². The maximum absolute atomic E-state index is 12.8. The molecular weight excluding hydrogens is 341 g/mol. The van der Waals surface area contributed by atoms with Crippen LogP contribution >= 0.6 is 11.8 Å². The summed E-state index contributed by atoms with van der Waals surface area (Å²) in [5.41, 5.74) is 1.03. The number of aromatic nitrogens is 2. The van der Waals surface area contributed by atoms with Crippen LogP contribution in [0.4, 0.5) is 4.39 Å². The summed E-state index contributed by atoms with van der Waals surface area (Å²) in [5, 5.41) is 0.458. The molecule has 2 N–H and O–H groups in total. The van der Waals surface area contributed by atoms with E-state index in [0.29, 0.717) is 16.5 Å². The van der Waals surface area contributed by atoms with Gasteiger partial charge in [0.05, 0.1) is 6.26 Å². The molecule has 0 spiro atoms. The van der Waals surface area contributed by atoms with E-state index in [0.717, 1.165) is 11.8 Å². The van der Waals surface area contributed by atoms with Crippen molar-refractivity contribution in [3.63, 3.8) is 0 Å². The van der Waals surface area contributed by atoms with Crippen LogP contribution in [0.5, 0.6) is 0 Å². The van der Waals surface area contributed by atoms with E-state index in [1.807, 2.05) is 0 Å². The highest BCUT2D eigenvalue weighted by Gasteiger charge is 2.06. The zero-order valence-electron chi connectivity index (χ0n) is 12.4. The summed E-state index contributed by atoms with van der Waals surface area (Å²) >= 11 is 1.33. The van der Waals surface area contributed by atoms with Gasteiger partial charge in [0.1, 0.15) is 5.82 Å². The molecule has 1 aromatic carbocycles. The second-order valence-corrected chi connectivity index (χ2v) is 7.67. The Morgan fingerprint density at radius 1 is 1.30 bits per heavy atom. The summed E-state index contributed by atoms with van der Waals surface area (Å²) in [6.07, 6.45) is 2.76. The SMILES string of the molecule is CS(=O)(=O)NCCc1cnc(SCc2ccc(F)cc2)[nH]c1=O. The van der Waals surface area contributed by atoms with E-state index in [-0.39, 0.29) is 24.3 Å². The van der Waals surface area contributed by atoms with Crippen LogP contribution in [0.3, 0.4) is 0 Å². The summed E-state index contributed by atoms with van der Waals surface area (Å²) in [6.45, 7) is 0.145. The monoisotopic (exact) mass is 357 g/mol. The van der Waals surface area contributed by atoms with E-state index in [1.54, 1.807) is 12.1 Å². The Bertz CT molecular complexity index is 820. The lowest BCUT2D eigenvalue weighted by atomic mass is 10.2. The third-order valence-electron chi connectivity index (χ3n) is 2.90. The van der Waals surface area contributed by atoms with Crippen LogP contribution in [0.1, 0.15) is 11.1 Å². The summed E-state index contributed by atoms with van der Waals surface area (Å²) in [5.74, 6) is 0.260. The van der Waals surface area contributed by atoms with Crippen LogP contribution in [0, 0.1) is 5.82 Å². The molecule has 0 bridgehead atoms. The lowest BCUT2D eigenvalue weighted by Gasteiger charge is -2.04. The van der Waals surface area contributed by atoms with E-state index in [9.17, 15) is 17.6 Å². The smallest absolute Gasteiger partial charge is 0.254 e. The predicted molar refractivity (Wildman–Crippen MR) is 87.4 cm³/mol. The van der Waals surface area contributed by atoms with Gasteiger partial charge in [0.25, 0.3) is 5.56 Å². The Hall–Kier alpha value is -1.71. The van der Waals surface area contributed by atoms with Gasteiger partial charge in [-0.05, 0) is 24.1 Å². The minimum atomic E-state index is -3.27. The number of hydrogen-bond donors (Lipinski definition) is 2. The predicted octanol–water partition coefficient (Wildman–Crippen LogP) is 1.29. The van der Waals surface area contributed by atoms with E-state index >= 15 is 0 Å². The van der Waals surface area contributed by atoms with Crippen molar-refractivity contribution < 1.29 is 12.8 Å². The van der Waals surface area contributed by atoms with Crippen molar-refractivity contribution in [3.05, 3.63) is 57.8 Å². The van der Waals surface area contributed by atoms with Crippen LogP contribution in [-0.4, -0.2) is 31.2 Å². The molecule has 0 atom stereocenters. The van der Waals surface area contributed by atoms with Crippen molar-refractivity contribution in [1.82, 2.24) is 14.7 Å². The number of nitrogens with zero attached hydrogens (tertiary/aromatic N) is 1. The second kappa shape index (κ2) is 7.71. The summed E-state index contributed by atoms with van der Waals surface area (Å²) in [4.78, 5) is 18.7. The van der Waals surface area contributed by atoms with Gasteiger partial charge in [0.15, 0.2) is 5.16 Å². The fraction of sp³-hybridized carbons (Fsp3) is 0.286. The number of H-pyrrole nitrogens is 1. The van der Waals surface area contributed by atoms with Crippen molar-refractivity contribution >= 4 is 21.8 Å².